The smallest absolute Gasteiger partial charge is 0.155 e. The van der Waals surface area contributed by atoms with Crippen LogP contribution < -0.4 is 5.32 Å². The zero-order valence-electron chi connectivity index (χ0n) is 11.6. The van der Waals surface area contributed by atoms with Gasteiger partial charge in [-0.2, -0.15) is 0 Å². The molecule has 0 aliphatic carbocycles. The largest absolute Gasteiger partial charge is 0.315 e. The summed E-state index contributed by atoms with van der Waals surface area (Å²) >= 11 is 0. The van der Waals surface area contributed by atoms with E-state index in [1.165, 1.54) is 0 Å². The van der Waals surface area contributed by atoms with Crippen LogP contribution in [0.4, 0.5) is 0 Å². The molecular formula is C14H23NO2S. The highest BCUT2D eigenvalue weighted by Crippen LogP contribution is 2.21. The third-order valence-corrected chi connectivity index (χ3v) is 4.66. The Morgan fingerprint density at radius 3 is 2.17 bits per heavy atom. The Morgan fingerprint density at radius 2 is 1.72 bits per heavy atom. The number of hydrogen-bond acceptors (Lipinski definition) is 3. The third kappa shape index (κ3) is 4.78. The fourth-order valence-electron chi connectivity index (χ4n) is 1.91. The van der Waals surface area contributed by atoms with Gasteiger partial charge in [-0.05, 0) is 18.0 Å². The summed E-state index contributed by atoms with van der Waals surface area (Å²) in [7, 11) is -1.28. The van der Waals surface area contributed by atoms with E-state index in [-0.39, 0.29) is 23.0 Å². The predicted molar refractivity (Wildman–Crippen MR) is 76.2 cm³/mol. The lowest BCUT2D eigenvalue weighted by molar-refractivity contribution is 0.302. The normalized spacial score (nSPS) is 14.4. The average Bonchev–Trinajstić information content (AvgIpc) is 2.25. The Morgan fingerprint density at radius 1 is 1.17 bits per heavy atom. The Hall–Kier alpha value is -0.870. The quantitative estimate of drug-likeness (QED) is 0.891. The molecule has 0 aromatic heterocycles. The molecule has 1 atom stereocenters. The molecule has 0 radical (unpaired) electrons. The summed E-state index contributed by atoms with van der Waals surface area (Å²) < 4.78 is 24.4. The number of hydrogen-bond donors (Lipinski definition) is 1. The van der Waals surface area contributed by atoms with Crippen LogP contribution in [0.3, 0.4) is 0 Å². The summed E-state index contributed by atoms with van der Waals surface area (Å²) in [5.41, 5.74) is 0.777. The molecule has 102 valence electrons. The van der Waals surface area contributed by atoms with Crippen molar-refractivity contribution in [2.45, 2.75) is 32.6 Å². The molecule has 0 aliphatic heterocycles. The summed E-state index contributed by atoms with van der Waals surface area (Å²) in [4.78, 5) is 0. The minimum atomic E-state index is -3.09. The monoisotopic (exact) mass is 269 g/mol. The summed E-state index contributed by atoms with van der Waals surface area (Å²) in [6.45, 7) is 6.14. The number of benzene rings is 1. The van der Waals surface area contributed by atoms with Crippen LogP contribution in [0.1, 0.15) is 26.3 Å². The molecule has 0 aliphatic rings. The van der Waals surface area contributed by atoms with Crippen LogP contribution in [-0.2, 0) is 15.6 Å². The highest BCUT2D eigenvalue weighted by Gasteiger charge is 2.28. The van der Waals surface area contributed by atoms with Crippen LogP contribution in [0, 0.1) is 5.41 Å². The van der Waals surface area contributed by atoms with Crippen molar-refractivity contribution in [1.29, 1.82) is 0 Å². The van der Waals surface area contributed by atoms with Crippen molar-refractivity contribution in [1.82, 2.24) is 5.32 Å². The van der Waals surface area contributed by atoms with E-state index in [2.05, 4.69) is 5.32 Å². The molecule has 4 heteroatoms. The Kier molecular flexibility index (Phi) is 4.93. The molecule has 0 fully saturated rings. The zero-order chi connectivity index (χ0) is 13.8. The number of rotatable bonds is 5. The van der Waals surface area contributed by atoms with Crippen molar-refractivity contribution in [3.05, 3.63) is 35.9 Å². The third-order valence-electron chi connectivity index (χ3n) is 3.04. The molecule has 18 heavy (non-hydrogen) atoms. The van der Waals surface area contributed by atoms with Gasteiger partial charge in [-0.3, -0.25) is 0 Å². The molecule has 1 N–H and O–H groups in total. The first-order valence-electron chi connectivity index (χ1n) is 6.16. The van der Waals surface area contributed by atoms with Crippen LogP contribution in [0.5, 0.6) is 0 Å². The second-order valence-electron chi connectivity index (χ2n) is 5.75. The van der Waals surface area contributed by atoms with Crippen molar-refractivity contribution in [3.8, 4) is 0 Å². The Labute approximate surface area is 111 Å². The fourth-order valence-corrected chi connectivity index (χ4v) is 3.90. The predicted octanol–water partition coefficient (Wildman–Crippen LogP) is 2.24. The molecule has 0 amide bonds. The highest BCUT2D eigenvalue weighted by molar-refractivity contribution is 7.90. The second kappa shape index (κ2) is 5.85. The average molecular weight is 269 g/mol. The summed E-state index contributed by atoms with van der Waals surface area (Å²) in [5.74, 6) is 0.282. The lowest BCUT2D eigenvalue weighted by Gasteiger charge is -2.30. The standard InChI is InChI=1S/C14H23NO2S/c1-14(2,3)13(15-4)11-18(16,17)10-12-8-6-5-7-9-12/h5-9,13,15H,10-11H2,1-4H3. The zero-order valence-corrected chi connectivity index (χ0v) is 12.4. The van der Waals surface area contributed by atoms with Gasteiger partial charge in [0.2, 0.25) is 0 Å². The van der Waals surface area contributed by atoms with Gasteiger partial charge in [0.1, 0.15) is 0 Å². The van der Waals surface area contributed by atoms with Crippen molar-refractivity contribution >= 4 is 9.84 Å². The molecule has 1 unspecified atom stereocenters. The van der Waals surface area contributed by atoms with E-state index >= 15 is 0 Å². The van der Waals surface area contributed by atoms with Gasteiger partial charge < -0.3 is 5.32 Å². The van der Waals surface area contributed by atoms with Gasteiger partial charge in [0.05, 0.1) is 11.5 Å². The maximum Gasteiger partial charge on any atom is 0.155 e. The van der Waals surface area contributed by atoms with Crippen LogP contribution in [0.15, 0.2) is 30.3 Å². The maximum absolute atomic E-state index is 12.2. The van der Waals surface area contributed by atoms with Gasteiger partial charge in [0.25, 0.3) is 0 Å². The summed E-state index contributed by atoms with van der Waals surface area (Å²) in [6.07, 6.45) is 0. The topological polar surface area (TPSA) is 46.2 Å². The first kappa shape index (κ1) is 15.2. The summed E-state index contributed by atoms with van der Waals surface area (Å²) in [5, 5.41) is 3.10. The van der Waals surface area contributed by atoms with E-state index in [1.54, 1.807) is 0 Å². The minimum Gasteiger partial charge on any atom is -0.315 e. The van der Waals surface area contributed by atoms with Gasteiger partial charge in [0.15, 0.2) is 9.84 Å². The van der Waals surface area contributed by atoms with Crippen molar-refractivity contribution < 1.29 is 8.42 Å². The van der Waals surface area contributed by atoms with E-state index in [4.69, 9.17) is 0 Å². The molecular weight excluding hydrogens is 246 g/mol. The van der Waals surface area contributed by atoms with Gasteiger partial charge in [-0.25, -0.2) is 8.42 Å². The molecule has 0 bridgehead atoms. The molecule has 0 saturated carbocycles. The molecule has 1 aromatic carbocycles. The van der Waals surface area contributed by atoms with Crippen molar-refractivity contribution in [3.63, 3.8) is 0 Å². The Balaban J connectivity index is 2.76. The van der Waals surface area contributed by atoms with E-state index in [1.807, 2.05) is 58.2 Å². The second-order valence-corrected chi connectivity index (χ2v) is 7.86. The van der Waals surface area contributed by atoms with Crippen LogP contribution in [0.25, 0.3) is 0 Å². The van der Waals surface area contributed by atoms with Crippen molar-refractivity contribution in [2.75, 3.05) is 12.8 Å². The van der Waals surface area contributed by atoms with Crippen LogP contribution >= 0.6 is 0 Å². The summed E-state index contributed by atoms with van der Waals surface area (Å²) in [6, 6.07) is 9.29. The van der Waals surface area contributed by atoms with Crippen molar-refractivity contribution in [2.24, 2.45) is 5.41 Å². The SMILES string of the molecule is CNC(CS(=O)(=O)Cc1ccccc1)C(C)(C)C. The number of sulfone groups is 1. The molecule has 0 heterocycles. The number of nitrogens with one attached hydrogen (secondary N) is 1. The van der Waals surface area contributed by atoms with E-state index < -0.39 is 9.84 Å². The fraction of sp³-hybridized carbons (Fsp3) is 0.571. The first-order chi connectivity index (χ1) is 8.24. The van der Waals surface area contributed by atoms with Gasteiger partial charge >= 0.3 is 0 Å². The minimum absolute atomic E-state index is 0.0359. The van der Waals surface area contributed by atoms with E-state index in [0.717, 1.165) is 5.56 Å². The Bertz CT molecular complexity index is 460. The van der Waals surface area contributed by atoms with Gasteiger partial charge in [-0.15, -0.1) is 0 Å². The first-order valence-corrected chi connectivity index (χ1v) is 7.98. The van der Waals surface area contributed by atoms with Gasteiger partial charge in [0, 0.05) is 6.04 Å². The highest BCUT2D eigenvalue weighted by atomic mass is 32.2. The van der Waals surface area contributed by atoms with Gasteiger partial charge in [-0.1, -0.05) is 51.1 Å². The molecule has 1 aromatic rings. The van der Waals surface area contributed by atoms with Crippen LogP contribution in [0.2, 0.25) is 0 Å². The molecule has 3 nitrogen and oxygen atoms in total. The maximum atomic E-state index is 12.2. The molecule has 0 saturated heterocycles. The lowest BCUT2D eigenvalue weighted by atomic mass is 9.88. The van der Waals surface area contributed by atoms with E-state index in [0.29, 0.717) is 0 Å². The molecule has 0 spiro atoms. The molecule has 1 rings (SSSR count). The van der Waals surface area contributed by atoms with Crippen LogP contribution in [-0.4, -0.2) is 27.3 Å². The lowest BCUT2D eigenvalue weighted by Crippen LogP contribution is -2.43. The van der Waals surface area contributed by atoms with E-state index in [9.17, 15) is 8.42 Å².